The van der Waals surface area contributed by atoms with E-state index in [0.717, 1.165) is 36.2 Å². The van der Waals surface area contributed by atoms with Crippen LogP contribution in [-0.2, 0) is 0 Å². The van der Waals surface area contributed by atoms with E-state index in [-0.39, 0.29) is 0 Å². The topological polar surface area (TPSA) is 12.5 Å². The molecular weight excluding hydrogens is 246 g/mol. The lowest BCUT2D eigenvalue weighted by molar-refractivity contribution is 0.304. The van der Waals surface area contributed by atoms with Crippen molar-refractivity contribution in [3.8, 4) is 5.75 Å². The minimum atomic E-state index is 0.482. The van der Waals surface area contributed by atoms with Gasteiger partial charge in [0.1, 0.15) is 6.61 Å². The number of fused-ring (bicyclic) bond motifs is 1. The summed E-state index contributed by atoms with van der Waals surface area (Å²) in [7, 11) is 0. The summed E-state index contributed by atoms with van der Waals surface area (Å²) in [5, 5.41) is 0.740. The van der Waals surface area contributed by atoms with Gasteiger partial charge in [-0.05, 0) is 29.5 Å². The minimum absolute atomic E-state index is 0.482. The van der Waals surface area contributed by atoms with Crippen LogP contribution in [0.2, 0.25) is 5.02 Å². The Balaban J connectivity index is 2.41. The first-order chi connectivity index (χ1) is 8.49. The molecule has 3 heteroatoms. The second-order valence-corrected chi connectivity index (χ2v) is 6.10. The predicted octanol–water partition coefficient (Wildman–Crippen LogP) is 4.32. The minimum Gasteiger partial charge on any atom is -0.488 e. The van der Waals surface area contributed by atoms with E-state index >= 15 is 0 Å². The van der Waals surface area contributed by atoms with Crippen LogP contribution in [0.15, 0.2) is 12.1 Å². The Hall–Kier alpha value is -0.890. The van der Waals surface area contributed by atoms with Crippen LogP contribution in [0.4, 0.5) is 5.69 Å². The summed E-state index contributed by atoms with van der Waals surface area (Å²) in [5.74, 6) is 1.97. The van der Waals surface area contributed by atoms with Gasteiger partial charge in [-0.15, -0.1) is 0 Å². The number of rotatable bonds is 3. The van der Waals surface area contributed by atoms with Gasteiger partial charge in [0.25, 0.3) is 0 Å². The van der Waals surface area contributed by atoms with Crippen LogP contribution in [-0.4, -0.2) is 19.7 Å². The van der Waals surface area contributed by atoms with Gasteiger partial charge in [-0.25, -0.2) is 0 Å². The molecule has 0 aromatic heterocycles. The van der Waals surface area contributed by atoms with E-state index in [4.69, 9.17) is 16.3 Å². The van der Waals surface area contributed by atoms with Crippen molar-refractivity contribution in [2.75, 3.05) is 24.6 Å². The molecule has 0 amide bonds. The van der Waals surface area contributed by atoms with Crippen molar-refractivity contribution in [1.29, 1.82) is 0 Å². The number of anilines is 1. The van der Waals surface area contributed by atoms with Crippen molar-refractivity contribution in [1.82, 2.24) is 0 Å². The van der Waals surface area contributed by atoms with Gasteiger partial charge in [0.05, 0.1) is 17.3 Å². The molecule has 1 aromatic rings. The van der Waals surface area contributed by atoms with Crippen molar-refractivity contribution >= 4 is 17.3 Å². The molecule has 18 heavy (non-hydrogen) atoms. The second kappa shape index (κ2) is 5.40. The molecule has 1 aliphatic rings. The molecule has 1 heterocycles. The summed E-state index contributed by atoms with van der Waals surface area (Å²) in [4.78, 5) is 2.39. The molecule has 2 nitrogen and oxygen atoms in total. The lowest BCUT2D eigenvalue weighted by Gasteiger charge is -2.33. The fourth-order valence-electron chi connectivity index (χ4n) is 2.32. The van der Waals surface area contributed by atoms with Crippen molar-refractivity contribution < 1.29 is 4.74 Å². The smallest absolute Gasteiger partial charge is 0.161 e. The summed E-state index contributed by atoms with van der Waals surface area (Å²) in [6.07, 6.45) is 0. The summed E-state index contributed by atoms with van der Waals surface area (Å²) < 4.78 is 5.73. The molecule has 0 spiro atoms. The lowest BCUT2D eigenvalue weighted by atomic mass is 10.0. The van der Waals surface area contributed by atoms with Crippen LogP contribution >= 0.6 is 11.6 Å². The van der Waals surface area contributed by atoms with E-state index < -0.39 is 0 Å². The van der Waals surface area contributed by atoms with Crippen LogP contribution < -0.4 is 9.64 Å². The van der Waals surface area contributed by atoms with Crippen molar-refractivity contribution in [2.45, 2.75) is 33.6 Å². The molecule has 0 N–H and O–H groups in total. The third-order valence-electron chi connectivity index (χ3n) is 3.25. The molecule has 0 atom stereocenters. The maximum Gasteiger partial charge on any atom is 0.161 e. The summed E-state index contributed by atoms with van der Waals surface area (Å²) in [6, 6.07) is 4.26. The van der Waals surface area contributed by atoms with Crippen LogP contribution in [0.1, 0.15) is 39.2 Å². The van der Waals surface area contributed by atoms with E-state index in [9.17, 15) is 0 Å². The number of hydrogen-bond acceptors (Lipinski definition) is 2. The highest BCUT2D eigenvalue weighted by Crippen LogP contribution is 2.40. The maximum absolute atomic E-state index is 6.34. The van der Waals surface area contributed by atoms with Crippen LogP contribution in [0.5, 0.6) is 5.75 Å². The average Bonchev–Trinajstić information content (AvgIpc) is 2.29. The predicted molar refractivity (Wildman–Crippen MR) is 78.1 cm³/mol. The second-order valence-electron chi connectivity index (χ2n) is 5.69. The Morgan fingerprint density at radius 1 is 1.28 bits per heavy atom. The van der Waals surface area contributed by atoms with Gasteiger partial charge < -0.3 is 9.64 Å². The highest BCUT2D eigenvalue weighted by Gasteiger charge is 2.22. The van der Waals surface area contributed by atoms with Gasteiger partial charge in [0.15, 0.2) is 5.75 Å². The Kier molecular flexibility index (Phi) is 4.06. The lowest BCUT2D eigenvalue weighted by Crippen LogP contribution is -2.35. The molecule has 1 aromatic carbocycles. The van der Waals surface area contributed by atoms with Gasteiger partial charge in [-0.2, -0.15) is 0 Å². The molecule has 100 valence electrons. The van der Waals surface area contributed by atoms with E-state index in [1.54, 1.807) is 0 Å². The van der Waals surface area contributed by atoms with Gasteiger partial charge in [-0.3, -0.25) is 0 Å². The average molecular weight is 268 g/mol. The zero-order valence-corrected chi connectivity index (χ0v) is 12.4. The zero-order valence-electron chi connectivity index (χ0n) is 11.7. The van der Waals surface area contributed by atoms with Gasteiger partial charge in [0, 0.05) is 6.54 Å². The first-order valence-electron chi connectivity index (χ1n) is 6.70. The molecule has 0 fully saturated rings. The van der Waals surface area contributed by atoms with Crippen LogP contribution in [0, 0.1) is 5.92 Å². The molecule has 0 aliphatic carbocycles. The molecule has 2 rings (SSSR count). The number of ether oxygens (including phenoxy) is 1. The maximum atomic E-state index is 6.34. The Bertz CT molecular complexity index is 429. The van der Waals surface area contributed by atoms with Gasteiger partial charge >= 0.3 is 0 Å². The fourth-order valence-corrected chi connectivity index (χ4v) is 2.60. The summed E-state index contributed by atoms with van der Waals surface area (Å²) in [6.45, 7) is 11.6. The van der Waals surface area contributed by atoms with Gasteiger partial charge in [0.2, 0.25) is 0 Å². The van der Waals surface area contributed by atoms with Gasteiger partial charge in [-0.1, -0.05) is 39.3 Å². The first kappa shape index (κ1) is 13.5. The third kappa shape index (κ3) is 2.74. The Morgan fingerprint density at radius 2 is 2.00 bits per heavy atom. The van der Waals surface area contributed by atoms with Crippen molar-refractivity contribution in [3.05, 3.63) is 22.7 Å². The molecule has 0 unspecified atom stereocenters. The Labute approximate surface area is 115 Å². The molecule has 0 radical (unpaired) electrons. The molecule has 0 bridgehead atoms. The van der Waals surface area contributed by atoms with Crippen molar-refractivity contribution in [3.63, 3.8) is 0 Å². The largest absolute Gasteiger partial charge is 0.488 e. The van der Waals surface area contributed by atoms with E-state index in [2.05, 4.69) is 38.7 Å². The number of benzene rings is 1. The standard InChI is InChI=1S/C15H22ClNO/c1-10(2)9-17-5-6-18-15-13(16)7-12(11(3)4)8-14(15)17/h7-8,10-11H,5-6,9H2,1-4H3. The highest BCUT2D eigenvalue weighted by atomic mass is 35.5. The van der Waals surface area contributed by atoms with E-state index in [1.165, 1.54) is 5.56 Å². The summed E-state index contributed by atoms with van der Waals surface area (Å²) in [5.41, 5.74) is 2.43. The number of halogens is 1. The monoisotopic (exact) mass is 267 g/mol. The number of nitrogens with zero attached hydrogens (tertiary/aromatic N) is 1. The normalized spacial score (nSPS) is 14.9. The van der Waals surface area contributed by atoms with Crippen LogP contribution in [0.25, 0.3) is 0 Å². The third-order valence-corrected chi connectivity index (χ3v) is 3.53. The first-order valence-corrected chi connectivity index (χ1v) is 7.08. The zero-order chi connectivity index (χ0) is 13.3. The van der Waals surface area contributed by atoms with E-state index in [1.807, 2.05) is 6.07 Å². The number of hydrogen-bond donors (Lipinski definition) is 0. The Morgan fingerprint density at radius 3 is 2.61 bits per heavy atom. The quantitative estimate of drug-likeness (QED) is 0.809. The van der Waals surface area contributed by atoms with Crippen molar-refractivity contribution in [2.24, 2.45) is 5.92 Å². The molecule has 1 aliphatic heterocycles. The molecule has 0 saturated heterocycles. The molecular formula is C15H22ClNO. The molecule has 0 saturated carbocycles. The SMILES string of the molecule is CC(C)CN1CCOc2c(Cl)cc(C(C)C)cc21. The van der Waals surface area contributed by atoms with Crippen LogP contribution in [0.3, 0.4) is 0 Å². The van der Waals surface area contributed by atoms with E-state index in [0.29, 0.717) is 11.8 Å². The summed E-state index contributed by atoms with van der Waals surface area (Å²) >= 11 is 6.34. The highest BCUT2D eigenvalue weighted by molar-refractivity contribution is 6.32. The fraction of sp³-hybridized carbons (Fsp3) is 0.600.